The topological polar surface area (TPSA) is 59.6 Å². The number of amides is 1. The molecule has 1 aliphatic heterocycles. The molecule has 2 aliphatic rings. The predicted octanol–water partition coefficient (Wildman–Crippen LogP) is 2.84. The Morgan fingerprint density at radius 3 is 2.64 bits per heavy atom. The summed E-state index contributed by atoms with van der Waals surface area (Å²) in [7, 11) is 0. The molecule has 2 fully saturated rings. The summed E-state index contributed by atoms with van der Waals surface area (Å²) in [6.45, 7) is 10.9. The molecule has 2 N–H and O–H groups in total. The van der Waals surface area contributed by atoms with Crippen LogP contribution in [0.1, 0.15) is 60.3 Å². The molecule has 5 unspecified atom stereocenters. The minimum absolute atomic E-state index is 0.119. The van der Waals surface area contributed by atoms with Gasteiger partial charge in [-0.05, 0) is 40.0 Å². The zero-order valence-electron chi connectivity index (χ0n) is 14.6. The molecule has 22 heavy (non-hydrogen) atoms. The molecule has 1 amide bonds. The second-order valence-corrected chi connectivity index (χ2v) is 7.55. The number of rotatable bonds is 6. The summed E-state index contributed by atoms with van der Waals surface area (Å²) in [4.78, 5) is 12.1. The number of hydrogen-bond donors (Lipinski definition) is 2. The Kier molecular flexibility index (Phi) is 5.72. The molecule has 0 aromatic rings. The van der Waals surface area contributed by atoms with E-state index < -0.39 is 5.60 Å². The summed E-state index contributed by atoms with van der Waals surface area (Å²) in [5.74, 6) is 0.421. The first-order chi connectivity index (χ1) is 10.4. The maximum absolute atomic E-state index is 12.1. The van der Waals surface area contributed by atoms with Crippen LogP contribution in [0.4, 0.5) is 4.79 Å². The highest BCUT2D eigenvalue weighted by Crippen LogP contribution is 2.39. The third-order valence-corrected chi connectivity index (χ3v) is 4.63. The fraction of sp³-hybridized carbons (Fsp3) is 0.941. The van der Waals surface area contributed by atoms with Gasteiger partial charge >= 0.3 is 6.09 Å². The summed E-state index contributed by atoms with van der Waals surface area (Å²) >= 11 is 0. The Morgan fingerprint density at radius 2 is 2.05 bits per heavy atom. The maximum Gasteiger partial charge on any atom is 0.407 e. The lowest BCUT2D eigenvalue weighted by Gasteiger charge is -2.49. The SMILES string of the molecule is CCCC(CC)NC1C(NC(=O)OC(C)(C)C)C2CCOC21. The van der Waals surface area contributed by atoms with Gasteiger partial charge in [-0.25, -0.2) is 4.79 Å². The number of carbonyl (C=O) groups is 1. The smallest absolute Gasteiger partial charge is 0.407 e. The molecule has 0 aromatic heterocycles. The zero-order valence-corrected chi connectivity index (χ0v) is 14.6. The van der Waals surface area contributed by atoms with Gasteiger partial charge in [0, 0.05) is 18.6 Å². The summed E-state index contributed by atoms with van der Waals surface area (Å²) < 4.78 is 11.2. The van der Waals surface area contributed by atoms with Gasteiger partial charge in [0.05, 0.1) is 18.2 Å². The molecular weight excluding hydrogens is 280 g/mol. The quantitative estimate of drug-likeness (QED) is 0.792. The van der Waals surface area contributed by atoms with Gasteiger partial charge < -0.3 is 20.1 Å². The summed E-state index contributed by atoms with van der Waals surface area (Å²) in [5, 5.41) is 6.76. The van der Waals surface area contributed by atoms with Crippen molar-refractivity contribution >= 4 is 6.09 Å². The van der Waals surface area contributed by atoms with Crippen molar-refractivity contribution in [2.75, 3.05) is 6.61 Å². The normalized spacial score (nSPS) is 32.0. The maximum atomic E-state index is 12.1. The van der Waals surface area contributed by atoms with E-state index in [9.17, 15) is 4.79 Å². The Morgan fingerprint density at radius 1 is 1.32 bits per heavy atom. The molecule has 0 bridgehead atoms. The lowest BCUT2D eigenvalue weighted by Crippen LogP contribution is -2.71. The van der Waals surface area contributed by atoms with E-state index in [0.29, 0.717) is 12.0 Å². The Hall–Kier alpha value is -0.810. The standard InChI is InChI=1S/C17H32N2O3/c1-6-8-11(7-2)18-14-13(12-9-10-21-15(12)14)19-16(20)22-17(3,4)5/h11-15,18H,6-10H2,1-5H3,(H,19,20). The molecule has 5 atom stereocenters. The van der Waals surface area contributed by atoms with Crippen LogP contribution in [0.5, 0.6) is 0 Å². The van der Waals surface area contributed by atoms with Crippen LogP contribution in [0.2, 0.25) is 0 Å². The van der Waals surface area contributed by atoms with Crippen molar-refractivity contribution in [1.29, 1.82) is 0 Å². The average Bonchev–Trinajstić information content (AvgIpc) is 2.83. The van der Waals surface area contributed by atoms with Crippen molar-refractivity contribution in [2.24, 2.45) is 5.92 Å². The molecule has 2 rings (SSSR count). The summed E-state index contributed by atoms with van der Waals surface area (Å²) in [6.07, 6.45) is 4.36. The zero-order chi connectivity index (χ0) is 16.3. The van der Waals surface area contributed by atoms with Gasteiger partial charge in [-0.1, -0.05) is 20.3 Å². The molecule has 1 saturated heterocycles. The molecule has 1 saturated carbocycles. The monoisotopic (exact) mass is 312 g/mol. The minimum Gasteiger partial charge on any atom is -0.444 e. The minimum atomic E-state index is -0.462. The number of nitrogens with one attached hydrogen (secondary N) is 2. The van der Waals surface area contributed by atoms with Crippen LogP contribution in [0, 0.1) is 5.92 Å². The summed E-state index contributed by atoms with van der Waals surface area (Å²) in [6, 6.07) is 0.813. The molecule has 0 radical (unpaired) electrons. The second kappa shape index (κ2) is 7.18. The van der Waals surface area contributed by atoms with Crippen molar-refractivity contribution < 1.29 is 14.3 Å². The first-order valence-corrected chi connectivity index (χ1v) is 8.73. The molecule has 0 aromatic carbocycles. The lowest BCUT2D eigenvalue weighted by atomic mass is 9.71. The first kappa shape index (κ1) is 17.5. The predicted molar refractivity (Wildman–Crippen MR) is 86.9 cm³/mol. The summed E-state index contributed by atoms with van der Waals surface area (Å²) in [5.41, 5.74) is -0.462. The van der Waals surface area contributed by atoms with Gasteiger partial charge in [0.1, 0.15) is 5.60 Å². The van der Waals surface area contributed by atoms with Crippen molar-refractivity contribution in [3.63, 3.8) is 0 Å². The molecule has 1 heterocycles. The second-order valence-electron chi connectivity index (χ2n) is 7.55. The van der Waals surface area contributed by atoms with Crippen molar-refractivity contribution in [3.05, 3.63) is 0 Å². The van der Waals surface area contributed by atoms with E-state index in [-0.39, 0.29) is 24.3 Å². The fourth-order valence-electron chi connectivity index (χ4n) is 3.57. The van der Waals surface area contributed by atoms with Crippen LogP contribution in [-0.4, -0.2) is 42.5 Å². The highest BCUT2D eigenvalue weighted by molar-refractivity contribution is 5.68. The van der Waals surface area contributed by atoms with E-state index in [1.165, 1.54) is 0 Å². The van der Waals surface area contributed by atoms with E-state index in [0.717, 1.165) is 32.3 Å². The van der Waals surface area contributed by atoms with Crippen molar-refractivity contribution in [1.82, 2.24) is 10.6 Å². The molecule has 0 spiro atoms. The van der Waals surface area contributed by atoms with Gasteiger partial charge in [0.2, 0.25) is 0 Å². The van der Waals surface area contributed by atoms with E-state index >= 15 is 0 Å². The molecule has 5 nitrogen and oxygen atoms in total. The van der Waals surface area contributed by atoms with Gasteiger partial charge in [-0.15, -0.1) is 0 Å². The highest BCUT2D eigenvalue weighted by atomic mass is 16.6. The average molecular weight is 312 g/mol. The van der Waals surface area contributed by atoms with Gasteiger partial charge in [0.25, 0.3) is 0 Å². The van der Waals surface area contributed by atoms with Gasteiger partial charge in [-0.3, -0.25) is 0 Å². The molecule has 1 aliphatic carbocycles. The molecule has 128 valence electrons. The Labute approximate surface area is 134 Å². The number of ether oxygens (including phenoxy) is 2. The third kappa shape index (κ3) is 4.13. The third-order valence-electron chi connectivity index (χ3n) is 4.63. The van der Waals surface area contributed by atoms with E-state index in [2.05, 4.69) is 24.5 Å². The van der Waals surface area contributed by atoms with Crippen molar-refractivity contribution in [3.8, 4) is 0 Å². The van der Waals surface area contributed by atoms with Crippen LogP contribution in [0.25, 0.3) is 0 Å². The Balaban J connectivity index is 1.93. The fourth-order valence-corrected chi connectivity index (χ4v) is 3.57. The van der Waals surface area contributed by atoms with Gasteiger partial charge in [-0.2, -0.15) is 0 Å². The first-order valence-electron chi connectivity index (χ1n) is 8.73. The van der Waals surface area contributed by atoms with Crippen molar-refractivity contribution in [2.45, 2.75) is 90.1 Å². The van der Waals surface area contributed by atoms with Crippen LogP contribution in [-0.2, 0) is 9.47 Å². The van der Waals surface area contributed by atoms with Crippen LogP contribution < -0.4 is 10.6 Å². The van der Waals surface area contributed by atoms with E-state index in [1.54, 1.807) is 0 Å². The number of hydrogen-bond acceptors (Lipinski definition) is 4. The highest BCUT2D eigenvalue weighted by Gasteiger charge is 2.55. The van der Waals surface area contributed by atoms with Crippen LogP contribution in [0.15, 0.2) is 0 Å². The number of carbonyl (C=O) groups excluding carboxylic acids is 1. The number of alkyl carbamates (subject to hydrolysis) is 1. The van der Waals surface area contributed by atoms with Crippen LogP contribution >= 0.6 is 0 Å². The van der Waals surface area contributed by atoms with E-state index in [4.69, 9.17) is 9.47 Å². The largest absolute Gasteiger partial charge is 0.444 e. The lowest BCUT2D eigenvalue weighted by molar-refractivity contribution is -0.0381. The van der Waals surface area contributed by atoms with Crippen LogP contribution in [0.3, 0.4) is 0 Å². The molecular formula is C17H32N2O3. The van der Waals surface area contributed by atoms with E-state index in [1.807, 2.05) is 20.8 Å². The van der Waals surface area contributed by atoms with Gasteiger partial charge in [0.15, 0.2) is 0 Å². The Bertz CT molecular complexity index is 381. The molecule has 5 heteroatoms. The number of fused-ring (bicyclic) bond motifs is 1.